The van der Waals surface area contributed by atoms with Gasteiger partial charge in [-0.2, -0.15) is 9.90 Å². The van der Waals surface area contributed by atoms with Crippen LogP contribution in [-0.4, -0.2) is 31.6 Å². The number of guanidine groups is 1. The van der Waals surface area contributed by atoms with Crippen LogP contribution in [-0.2, 0) is 0 Å². The molecule has 0 fully saturated rings. The van der Waals surface area contributed by atoms with Crippen molar-refractivity contribution < 1.29 is 18.0 Å². The summed E-state index contributed by atoms with van der Waals surface area (Å²) in [7, 11) is 1.59. The first kappa shape index (κ1) is 26.3. The van der Waals surface area contributed by atoms with Crippen LogP contribution in [0, 0.1) is 28.3 Å². The number of nitroso groups, excluding NO2 is 1. The number of hydrogen-bond donors (Lipinski definition) is 3. The third kappa shape index (κ3) is 8.14. The van der Waals surface area contributed by atoms with E-state index in [1.165, 1.54) is 12.1 Å². The summed E-state index contributed by atoms with van der Waals surface area (Å²) in [5, 5.41) is 11.7. The number of carbonyl (C=O) groups excluding carboxylic acids is 1. The zero-order valence-electron chi connectivity index (χ0n) is 18.3. The molecule has 178 valence electrons. The van der Waals surface area contributed by atoms with Gasteiger partial charge in [0.2, 0.25) is 5.96 Å². The van der Waals surface area contributed by atoms with Gasteiger partial charge >= 0.3 is 0 Å². The van der Waals surface area contributed by atoms with Crippen molar-refractivity contribution in [3.63, 3.8) is 0 Å². The molecule has 0 saturated heterocycles. The number of hydrogen-bond acceptors (Lipinski definition) is 4. The quantitative estimate of drug-likeness (QED) is 0.211. The molecule has 11 heteroatoms. The lowest BCUT2D eigenvalue weighted by Crippen LogP contribution is -2.50. The second kappa shape index (κ2) is 12.3. The highest BCUT2D eigenvalue weighted by Gasteiger charge is 2.21. The van der Waals surface area contributed by atoms with Crippen LogP contribution in [0.4, 0.5) is 13.2 Å². The van der Waals surface area contributed by atoms with Crippen molar-refractivity contribution >= 4 is 23.5 Å². The summed E-state index contributed by atoms with van der Waals surface area (Å²) in [6.45, 7) is 4.35. The van der Waals surface area contributed by atoms with E-state index in [0.717, 1.165) is 18.2 Å². The first-order valence-electron chi connectivity index (χ1n) is 10.2. The van der Waals surface area contributed by atoms with E-state index in [2.05, 4.69) is 26.1 Å². The van der Waals surface area contributed by atoms with Crippen molar-refractivity contribution in [1.82, 2.24) is 16.0 Å². The highest BCUT2D eigenvalue weighted by Crippen LogP contribution is 2.24. The van der Waals surface area contributed by atoms with Gasteiger partial charge in [0.15, 0.2) is 0 Å². The van der Waals surface area contributed by atoms with Crippen LogP contribution in [0.5, 0.6) is 0 Å². The van der Waals surface area contributed by atoms with E-state index in [0.29, 0.717) is 12.6 Å². The van der Waals surface area contributed by atoms with Crippen molar-refractivity contribution in [3.8, 4) is 0 Å². The Bertz CT molecular complexity index is 999. The number of carbonyl (C=O) groups is 1. The molecule has 0 aliphatic rings. The molecule has 0 spiro atoms. The maximum atomic E-state index is 13.7. The number of benzene rings is 2. The van der Waals surface area contributed by atoms with Gasteiger partial charge < -0.3 is 16.0 Å². The van der Waals surface area contributed by atoms with E-state index in [1.54, 1.807) is 7.05 Å². The van der Waals surface area contributed by atoms with Gasteiger partial charge in [-0.1, -0.05) is 30.6 Å². The number of amides is 1. The maximum absolute atomic E-state index is 13.7. The Labute approximate surface area is 194 Å². The highest BCUT2D eigenvalue weighted by atomic mass is 35.5. The van der Waals surface area contributed by atoms with E-state index in [-0.39, 0.29) is 34.4 Å². The molecule has 3 N–H and O–H groups in total. The van der Waals surface area contributed by atoms with Gasteiger partial charge in [-0.15, -0.1) is 0 Å². The molecule has 2 rings (SSSR count). The number of nitrogens with zero attached hydrogens (tertiary/aromatic N) is 2. The Hall–Kier alpha value is -2.98. The first-order valence-corrected chi connectivity index (χ1v) is 10.5. The van der Waals surface area contributed by atoms with Crippen LogP contribution < -0.4 is 16.0 Å². The molecule has 2 aromatic carbocycles. The molecule has 0 aliphatic heterocycles. The van der Waals surface area contributed by atoms with Gasteiger partial charge in [0.1, 0.15) is 23.5 Å². The molecule has 0 bridgehead atoms. The fraction of sp³-hybridized carbons (Fsp3) is 0.364. The summed E-state index contributed by atoms with van der Waals surface area (Å²) < 4.78 is 40.9. The molecule has 0 heterocycles. The van der Waals surface area contributed by atoms with Crippen molar-refractivity contribution in [1.29, 1.82) is 0 Å². The van der Waals surface area contributed by atoms with Crippen molar-refractivity contribution in [2.45, 2.75) is 32.5 Å². The van der Waals surface area contributed by atoms with Crippen LogP contribution in [0.3, 0.4) is 0 Å². The van der Waals surface area contributed by atoms with Gasteiger partial charge in [0.25, 0.3) is 5.91 Å². The lowest BCUT2D eigenvalue weighted by Gasteiger charge is -2.23. The Morgan fingerprint density at radius 3 is 2.30 bits per heavy atom. The molecule has 0 aromatic heterocycles. The third-order valence-electron chi connectivity index (χ3n) is 4.57. The molecule has 2 aromatic rings. The molecule has 0 saturated carbocycles. The van der Waals surface area contributed by atoms with Gasteiger partial charge in [0, 0.05) is 24.6 Å². The van der Waals surface area contributed by atoms with E-state index < -0.39 is 35.6 Å². The van der Waals surface area contributed by atoms with E-state index in [1.807, 2.05) is 13.8 Å². The standard InChI is InChI=1S/C22H25ClF3N5O2/c1-12(2)11-28-22(30-21(32)13-4-5-17(23)18(26)8-13)29-20(27-3)10-19(31-33)14-6-15(24)9-16(25)7-14/h4-9,12,19-20,27H,10-11H2,1-3H3,(H2,28,29,30,32). The molecular weight excluding hydrogens is 459 g/mol. The highest BCUT2D eigenvalue weighted by molar-refractivity contribution is 6.30. The van der Waals surface area contributed by atoms with Gasteiger partial charge in [-0.05, 0) is 48.9 Å². The maximum Gasteiger partial charge on any atom is 0.280 e. The van der Waals surface area contributed by atoms with E-state index in [4.69, 9.17) is 11.6 Å². The number of halogens is 4. The molecule has 7 nitrogen and oxygen atoms in total. The zero-order chi connectivity index (χ0) is 24.5. The molecule has 33 heavy (non-hydrogen) atoms. The molecule has 2 atom stereocenters. The van der Waals surface area contributed by atoms with Gasteiger partial charge in [0.05, 0.1) is 11.2 Å². The fourth-order valence-corrected chi connectivity index (χ4v) is 2.98. The monoisotopic (exact) mass is 483 g/mol. The normalized spacial score (nSPS) is 13.5. The summed E-state index contributed by atoms with van der Waals surface area (Å²) in [5.41, 5.74) is 0.0668. The summed E-state index contributed by atoms with van der Waals surface area (Å²) >= 11 is 5.66. The van der Waals surface area contributed by atoms with Crippen molar-refractivity contribution in [2.24, 2.45) is 16.1 Å². The summed E-state index contributed by atoms with van der Waals surface area (Å²) in [4.78, 5) is 28.0. The van der Waals surface area contributed by atoms with Crippen LogP contribution in [0.1, 0.15) is 42.2 Å². The summed E-state index contributed by atoms with van der Waals surface area (Å²) in [6, 6.07) is 5.27. The minimum Gasteiger partial charge on any atom is -0.356 e. The predicted molar refractivity (Wildman–Crippen MR) is 122 cm³/mol. The fourth-order valence-electron chi connectivity index (χ4n) is 2.86. The SMILES string of the molecule is CNC(CC(N=O)c1cc(F)cc(F)c1)N/C(=N\C(=O)c1ccc(Cl)c(F)c1)NCC(C)C. The Kier molecular flexibility index (Phi) is 9.80. The number of rotatable bonds is 9. The predicted octanol–water partition coefficient (Wildman–Crippen LogP) is 4.53. The summed E-state index contributed by atoms with van der Waals surface area (Å²) in [5.74, 6) is -2.86. The Morgan fingerprint density at radius 2 is 1.76 bits per heavy atom. The number of aliphatic imine (C=N–C) groups is 1. The van der Waals surface area contributed by atoms with Crippen molar-refractivity contribution in [3.05, 3.63) is 74.9 Å². The van der Waals surface area contributed by atoms with Crippen LogP contribution in [0.2, 0.25) is 5.02 Å². The van der Waals surface area contributed by atoms with Crippen LogP contribution in [0.15, 0.2) is 46.6 Å². The third-order valence-corrected chi connectivity index (χ3v) is 4.88. The average molecular weight is 484 g/mol. The van der Waals surface area contributed by atoms with E-state index in [9.17, 15) is 22.9 Å². The average Bonchev–Trinajstić information content (AvgIpc) is 2.75. The van der Waals surface area contributed by atoms with Gasteiger partial charge in [-0.25, -0.2) is 13.2 Å². The first-order chi connectivity index (χ1) is 15.6. The zero-order valence-corrected chi connectivity index (χ0v) is 19.1. The Morgan fingerprint density at radius 1 is 1.09 bits per heavy atom. The lowest BCUT2D eigenvalue weighted by molar-refractivity contribution is 0.100. The molecular formula is C22H25ClF3N5O2. The number of nitrogens with one attached hydrogen (secondary N) is 3. The molecule has 0 aliphatic carbocycles. The summed E-state index contributed by atoms with van der Waals surface area (Å²) in [6.07, 6.45) is -0.665. The largest absolute Gasteiger partial charge is 0.356 e. The molecule has 1 amide bonds. The Balaban J connectivity index is 2.24. The van der Waals surface area contributed by atoms with Crippen molar-refractivity contribution in [2.75, 3.05) is 13.6 Å². The lowest BCUT2D eigenvalue weighted by atomic mass is 10.0. The minimum absolute atomic E-state index is 0.00493. The second-order valence-corrected chi connectivity index (χ2v) is 8.12. The molecule has 0 radical (unpaired) electrons. The van der Waals surface area contributed by atoms with Crippen LogP contribution >= 0.6 is 11.6 Å². The molecule has 2 unspecified atom stereocenters. The second-order valence-electron chi connectivity index (χ2n) is 7.71. The smallest absolute Gasteiger partial charge is 0.280 e. The minimum atomic E-state index is -1.08. The topological polar surface area (TPSA) is 94.9 Å². The van der Waals surface area contributed by atoms with E-state index >= 15 is 0 Å². The van der Waals surface area contributed by atoms with Gasteiger partial charge in [-0.3, -0.25) is 4.79 Å². The van der Waals surface area contributed by atoms with Crippen LogP contribution in [0.25, 0.3) is 0 Å².